The average Bonchev–Trinajstić information content (AvgIpc) is 3.24. The van der Waals surface area contributed by atoms with Crippen LogP contribution in [0.1, 0.15) is 0 Å². The molecule has 9 aromatic carbocycles. The van der Waals surface area contributed by atoms with Gasteiger partial charge in [0.15, 0.2) is 8.07 Å². The first-order valence-electron chi connectivity index (χ1n) is 18.4. The van der Waals surface area contributed by atoms with Gasteiger partial charge >= 0.3 is 0 Å². The van der Waals surface area contributed by atoms with E-state index in [4.69, 9.17) is 4.74 Å². The summed E-state index contributed by atoms with van der Waals surface area (Å²) in [6.07, 6.45) is 0. The van der Waals surface area contributed by atoms with E-state index in [1.54, 1.807) is 0 Å². The van der Waals surface area contributed by atoms with Crippen molar-refractivity contribution in [1.82, 2.24) is 0 Å². The number of rotatable bonds is 4. The summed E-state index contributed by atoms with van der Waals surface area (Å²) in [5.74, 6) is 1.89. The Morgan fingerprint density at radius 3 is 1.72 bits per heavy atom. The molecule has 11 rings (SSSR count). The van der Waals surface area contributed by atoms with Crippen LogP contribution in [0.2, 0.25) is 0 Å². The van der Waals surface area contributed by atoms with Gasteiger partial charge in [0, 0.05) is 26.9 Å². The highest BCUT2D eigenvalue weighted by Crippen LogP contribution is 2.42. The molecule has 2 aliphatic heterocycles. The predicted molar refractivity (Wildman–Crippen MR) is 229 cm³/mol. The molecule has 2 aliphatic rings. The van der Waals surface area contributed by atoms with Crippen molar-refractivity contribution in [3.63, 3.8) is 0 Å². The lowest BCUT2D eigenvalue weighted by atomic mass is 10.0. The van der Waals surface area contributed by atoms with Gasteiger partial charge in [-0.1, -0.05) is 151 Å². The topological polar surface area (TPSA) is 12.5 Å². The van der Waals surface area contributed by atoms with E-state index in [1.165, 1.54) is 63.2 Å². The van der Waals surface area contributed by atoms with Crippen molar-refractivity contribution < 1.29 is 4.74 Å². The van der Waals surface area contributed by atoms with Crippen molar-refractivity contribution in [3.05, 3.63) is 200 Å². The van der Waals surface area contributed by atoms with Gasteiger partial charge in [0.25, 0.3) is 0 Å². The van der Waals surface area contributed by atoms with E-state index >= 15 is 0 Å². The highest BCUT2D eigenvalue weighted by Gasteiger charge is 2.52. The van der Waals surface area contributed by atoms with E-state index in [1.807, 2.05) is 11.8 Å². The molecule has 254 valence electrons. The molecule has 0 N–H and O–H groups in total. The lowest BCUT2D eigenvalue weighted by molar-refractivity contribution is 0.487. The molecule has 4 heteroatoms. The predicted octanol–water partition coefficient (Wildman–Crippen LogP) is 11.1. The second-order valence-electron chi connectivity index (χ2n) is 14.1. The fourth-order valence-electron chi connectivity index (χ4n) is 8.76. The third-order valence-corrected chi connectivity index (χ3v) is 17.6. The number of anilines is 3. The molecule has 0 amide bonds. The van der Waals surface area contributed by atoms with Crippen molar-refractivity contribution in [2.75, 3.05) is 4.90 Å². The van der Waals surface area contributed by atoms with Crippen LogP contribution in [0, 0.1) is 0 Å². The highest BCUT2D eigenvalue weighted by molar-refractivity contribution is 8.00. The number of benzene rings is 9. The quantitative estimate of drug-likeness (QED) is 0.133. The van der Waals surface area contributed by atoms with Gasteiger partial charge in [-0.25, -0.2) is 0 Å². The van der Waals surface area contributed by atoms with Crippen LogP contribution in [0.15, 0.2) is 210 Å². The number of para-hydroxylation sites is 1. The molecular formula is C50H33NOSSi. The minimum Gasteiger partial charge on any atom is -0.458 e. The van der Waals surface area contributed by atoms with Gasteiger partial charge in [-0.15, -0.1) is 0 Å². The van der Waals surface area contributed by atoms with Crippen LogP contribution < -0.4 is 30.4 Å². The molecule has 0 saturated carbocycles. The van der Waals surface area contributed by atoms with Crippen molar-refractivity contribution in [2.24, 2.45) is 0 Å². The minimum absolute atomic E-state index is 0.935. The smallest absolute Gasteiger partial charge is 0.190 e. The van der Waals surface area contributed by atoms with Crippen molar-refractivity contribution in [1.29, 1.82) is 0 Å². The fourth-order valence-corrected chi connectivity index (χ4v) is 15.9. The van der Waals surface area contributed by atoms with E-state index < -0.39 is 8.07 Å². The zero-order valence-electron chi connectivity index (χ0n) is 29.3. The number of hydrogen-bond donors (Lipinski definition) is 0. The lowest BCUT2D eigenvalue weighted by Crippen LogP contribution is -2.77. The summed E-state index contributed by atoms with van der Waals surface area (Å²) >= 11 is 1.89. The summed E-state index contributed by atoms with van der Waals surface area (Å²) in [6.45, 7) is 0. The van der Waals surface area contributed by atoms with Crippen LogP contribution in [0.4, 0.5) is 17.1 Å². The van der Waals surface area contributed by atoms with E-state index in [0.29, 0.717) is 0 Å². The Bertz CT molecular complexity index is 2800. The Labute approximate surface area is 320 Å². The molecule has 0 bridgehead atoms. The molecular weight excluding hydrogens is 691 g/mol. The van der Waals surface area contributed by atoms with Gasteiger partial charge in [-0.3, -0.25) is 0 Å². The first-order chi connectivity index (χ1) is 26.8. The minimum atomic E-state index is -2.83. The van der Waals surface area contributed by atoms with Crippen LogP contribution in [0.3, 0.4) is 0 Å². The average molecular weight is 724 g/mol. The monoisotopic (exact) mass is 723 g/mol. The molecule has 9 aromatic rings. The fraction of sp³-hybridized carbons (Fsp3) is 0. The molecule has 0 radical (unpaired) electrons. The number of fused-ring (bicyclic) bond motifs is 11. The Morgan fingerprint density at radius 2 is 0.926 bits per heavy atom. The molecule has 0 atom stereocenters. The molecule has 0 fully saturated rings. The Hall–Kier alpha value is -6.33. The summed E-state index contributed by atoms with van der Waals surface area (Å²) in [4.78, 5) is 5.07. The van der Waals surface area contributed by atoms with Gasteiger partial charge in [0.2, 0.25) is 0 Å². The maximum atomic E-state index is 6.85. The van der Waals surface area contributed by atoms with E-state index in [-0.39, 0.29) is 0 Å². The van der Waals surface area contributed by atoms with Gasteiger partial charge in [0.1, 0.15) is 11.5 Å². The SMILES string of the molecule is c1ccc(-c2ccc(N(c3ccc4c(c3)[Si]3(c5ccccc5O4)c4ccccc4Sc4ccccc43)c3ccc4c(ccc5ccccc54)c3)cc2)cc1. The Balaban J connectivity index is 1.16. The summed E-state index contributed by atoms with van der Waals surface area (Å²) < 4.78 is 6.85. The first-order valence-corrected chi connectivity index (χ1v) is 21.2. The van der Waals surface area contributed by atoms with Crippen LogP contribution >= 0.6 is 11.8 Å². The summed E-state index contributed by atoms with van der Waals surface area (Å²) in [5.41, 5.74) is 5.71. The summed E-state index contributed by atoms with van der Waals surface area (Å²) in [6, 6.07) is 73.4. The second kappa shape index (κ2) is 12.4. The molecule has 0 aromatic heterocycles. The van der Waals surface area contributed by atoms with Crippen molar-refractivity contribution in [3.8, 4) is 22.6 Å². The van der Waals surface area contributed by atoms with Crippen LogP contribution in [0.5, 0.6) is 11.5 Å². The van der Waals surface area contributed by atoms with E-state index in [9.17, 15) is 0 Å². The lowest BCUT2D eigenvalue weighted by Gasteiger charge is -2.43. The zero-order valence-corrected chi connectivity index (χ0v) is 31.1. The van der Waals surface area contributed by atoms with Crippen molar-refractivity contribution >= 4 is 79.2 Å². The summed E-state index contributed by atoms with van der Waals surface area (Å²) in [5, 5.41) is 10.4. The Morgan fingerprint density at radius 1 is 0.370 bits per heavy atom. The van der Waals surface area contributed by atoms with E-state index in [2.05, 4.69) is 205 Å². The largest absolute Gasteiger partial charge is 0.458 e. The van der Waals surface area contributed by atoms with Gasteiger partial charge in [0.05, 0.1) is 0 Å². The molecule has 2 nitrogen and oxygen atoms in total. The van der Waals surface area contributed by atoms with Gasteiger partial charge in [-0.2, -0.15) is 0 Å². The highest BCUT2D eigenvalue weighted by atomic mass is 32.2. The zero-order chi connectivity index (χ0) is 35.6. The number of ether oxygens (including phenoxy) is 1. The van der Waals surface area contributed by atoms with Crippen LogP contribution in [-0.4, -0.2) is 8.07 Å². The maximum absolute atomic E-state index is 6.85. The molecule has 54 heavy (non-hydrogen) atoms. The maximum Gasteiger partial charge on any atom is 0.190 e. The standard InChI is InChI=1S/C50H33NOSSi/c1-2-12-34(13-3-1)35-24-26-38(27-25-35)51(39-28-30-42-37(32-39)23-22-36-14-4-5-15-41(36)42)40-29-31-44-50(33-40)54(47-19-9-6-16-43(47)52-44)48-20-10-7-17-45(48)53-46-18-8-11-21-49(46)54/h1-33H. The van der Waals surface area contributed by atoms with Crippen LogP contribution in [-0.2, 0) is 0 Å². The molecule has 2 heterocycles. The van der Waals surface area contributed by atoms with Crippen LogP contribution in [0.25, 0.3) is 32.7 Å². The third kappa shape index (κ3) is 4.74. The molecule has 1 spiro atoms. The first kappa shape index (κ1) is 31.2. The number of nitrogens with zero attached hydrogens (tertiary/aromatic N) is 1. The third-order valence-electron chi connectivity index (χ3n) is 11.2. The van der Waals surface area contributed by atoms with Crippen molar-refractivity contribution in [2.45, 2.75) is 9.79 Å². The summed E-state index contributed by atoms with van der Waals surface area (Å²) in [7, 11) is -2.83. The second-order valence-corrected chi connectivity index (χ2v) is 18.8. The normalized spacial score (nSPS) is 13.4. The Kier molecular flexibility index (Phi) is 7.16. The van der Waals surface area contributed by atoms with Gasteiger partial charge in [-0.05, 0) is 114 Å². The molecule has 0 saturated heterocycles. The molecule has 0 aliphatic carbocycles. The van der Waals surface area contributed by atoms with Gasteiger partial charge < -0.3 is 9.64 Å². The van der Waals surface area contributed by atoms with E-state index in [0.717, 1.165) is 28.6 Å². The molecule has 0 unspecified atom stereocenters. The number of hydrogen-bond acceptors (Lipinski definition) is 3.